The van der Waals surface area contributed by atoms with Crippen molar-refractivity contribution in [2.75, 3.05) is 0 Å². The van der Waals surface area contributed by atoms with E-state index in [-0.39, 0.29) is 0 Å². The van der Waals surface area contributed by atoms with Gasteiger partial charge in [-0.05, 0) is 37.5 Å². The van der Waals surface area contributed by atoms with Crippen molar-refractivity contribution in [2.24, 2.45) is 0 Å². The van der Waals surface area contributed by atoms with Crippen LogP contribution in [-0.4, -0.2) is 8.80 Å². The lowest BCUT2D eigenvalue weighted by molar-refractivity contribution is 1.71. The van der Waals surface area contributed by atoms with E-state index in [9.17, 15) is 0 Å². The van der Waals surface area contributed by atoms with Crippen molar-refractivity contribution in [1.82, 2.24) is 0 Å². The molecule has 0 N–H and O–H groups in total. The van der Waals surface area contributed by atoms with Crippen molar-refractivity contribution in [2.45, 2.75) is 0 Å². The third kappa shape index (κ3) is 1.84. The van der Waals surface area contributed by atoms with Crippen molar-refractivity contribution >= 4 is 35.1 Å². The Morgan fingerprint density at radius 3 is 1.70 bits per heavy atom. The zero-order chi connectivity index (χ0) is 15.2. The summed E-state index contributed by atoms with van der Waals surface area (Å²) in [5.41, 5.74) is 2.84. The first-order valence-electron chi connectivity index (χ1n) is 7.98. The Bertz CT molecular complexity index is 982. The molecule has 1 aliphatic heterocycles. The van der Waals surface area contributed by atoms with Crippen LogP contribution in [0.1, 0.15) is 0 Å². The van der Waals surface area contributed by atoms with E-state index >= 15 is 0 Å². The smallest absolute Gasteiger partial charge is 0.0623 e. The molecule has 107 valence electrons. The minimum Gasteiger partial charge on any atom is -0.0623 e. The molecule has 1 heterocycles. The van der Waals surface area contributed by atoms with Gasteiger partial charge in [-0.15, -0.1) is 0 Å². The monoisotopic (exact) mass is 307 g/mol. The summed E-state index contributed by atoms with van der Waals surface area (Å²) in [6.45, 7) is 0. The van der Waals surface area contributed by atoms with Gasteiger partial charge in [-0.3, -0.25) is 0 Å². The summed E-state index contributed by atoms with van der Waals surface area (Å²) in [4.78, 5) is 0. The molecule has 0 nitrogen and oxygen atoms in total. The maximum Gasteiger partial charge on any atom is 0.156 e. The van der Waals surface area contributed by atoms with Gasteiger partial charge in [0.1, 0.15) is 0 Å². The van der Waals surface area contributed by atoms with Gasteiger partial charge in [0.05, 0.1) is 0 Å². The van der Waals surface area contributed by atoms with Crippen molar-refractivity contribution in [3.05, 3.63) is 91.0 Å². The zero-order valence-corrected chi connectivity index (χ0v) is 13.7. The molecule has 0 unspecified atom stereocenters. The minimum absolute atomic E-state index is 0.928. The van der Waals surface area contributed by atoms with Crippen LogP contribution in [0.15, 0.2) is 91.0 Å². The summed E-state index contributed by atoms with van der Waals surface area (Å²) in [7, 11) is -0.928. The van der Waals surface area contributed by atoms with Gasteiger partial charge in [0.2, 0.25) is 0 Å². The Balaban J connectivity index is 1.86. The van der Waals surface area contributed by atoms with Gasteiger partial charge < -0.3 is 0 Å². The van der Waals surface area contributed by atoms with E-state index in [0.717, 1.165) is 0 Å². The van der Waals surface area contributed by atoms with E-state index in [4.69, 9.17) is 0 Å². The average molecular weight is 307 g/mol. The fraction of sp³-hybridized carbons (Fsp3) is 0. The molecule has 5 rings (SSSR count). The highest BCUT2D eigenvalue weighted by Crippen LogP contribution is 2.23. The predicted molar refractivity (Wildman–Crippen MR) is 100 cm³/mol. The fourth-order valence-corrected chi connectivity index (χ4v) is 6.88. The molecule has 0 aliphatic carbocycles. The van der Waals surface area contributed by atoms with Crippen LogP contribution in [0, 0.1) is 0 Å². The Kier molecular flexibility index (Phi) is 2.76. The Morgan fingerprint density at radius 1 is 0.435 bits per heavy atom. The number of hydrogen-bond donors (Lipinski definition) is 0. The zero-order valence-electron chi connectivity index (χ0n) is 12.7. The van der Waals surface area contributed by atoms with Crippen LogP contribution in [0.4, 0.5) is 0 Å². The molecule has 1 aliphatic rings. The van der Waals surface area contributed by atoms with Crippen LogP contribution in [0.5, 0.6) is 0 Å². The van der Waals surface area contributed by atoms with Gasteiger partial charge in [-0.2, -0.15) is 0 Å². The summed E-state index contributed by atoms with van der Waals surface area (Å²) in [5.74, 6) is 0. The molecule has 0 bridgehead atoms. The lowest BCUT2D eigenvalue weighted by atomic mass is 10.1. The van der Waals surface area contributed by atoms with Crippen LogP contribution in [0.3, 0.4) is 0 Å². The van der Waals surface area contributed by atoms with Gasteiger partial charge in [0.25, 0.3) is 0 Å². The Morgan fingerprint density at radius 2 is 0.957 bits per heavy atom. The van der Waals surface area contributed by atoms with E-state index in [2.05, 4.69) is 91.0 Å². The highest BCUT2D eigenvalue weighted by Gasteiger charge is 2.32. The van der Waals surface area contributed by atoms with Gasteiger partial charge in [0.15, 0.2) is 8.80 Å². The van der Waals surface area contributed by atoms with Crippen LogP contribution < -0.4 is 15.6 Å². The first-order chi connectivity index (χ1) is 11.4. The van der Waals surface area contributed by atoms with Crippen LogP contribution in [0.2, 0.25) is 0 Å². The molecular formula is C22H15Si. The fourth-order valence-electron chi connectivity index (χ4n) is 3.75. The van der Waals surface area contributed by atoms with Gasteiger partial charge in [0, 0.05) is 0 Å². The topological polar surface area (TPSA) is 0 Å². The maximum absolute atomic E-state index is 2.33. The molecule has 4 aromatic carbocycles. The molecular weight excluding hydrogens is 292 g/mol. The number of hydrogen-bond acceptors (Lipinski definition) is 0. The molecule has 0 aromatic heterocycles. The molecule has 0 saturated carbocycles. The molecule has 4 aromatic rings. The van der Waals surface area contributed by atoms with E-state index in [1.807, 2.05) is 0 Å². The third-order valence-corrected chi connectivity index (χ3v) is 7.67. The molecule has 0 atom stereocenters. The van der Waals surface area contributed by atoms with Crippen molar-refractivity contribution in [1.29, 1.82) is 0 Å². The molecule has 0 amide bonds. The van der Waals surface area contributed by atoms with Crippen LogP contribution in [-0.2, 0) is 0 Å². The summed E-state index contributed by atoms with van der Waals surface area (Å²) >= 11 is 0. The van der Waals surface area contributed by atoms with Crippen molar-refractivity contribution < 1.29 is 0 Å². The largest absolute Gasteiger partial charge is 0.156 e. The Hall–Kier alpha value is -2.64. The van der Waals surface area contributed by atoms with E-state index in [1.54, 1.807) is 0 Å². The van der Waals surface area contributed by atoms with Crippen LogP contribution >= 0.6 is 0 Å². The highest BCUT2D eigenvalue weighted by atomic mass is 28.3. The Labute approximate surface area is 137 Å². The number of rotatable bonds is 1. The standard InChI is InChI=1S/C22H15Si/c1-2-10-17-16(8-1)9-7-15-20(17)23-21-13-5-3-11-18(21)19-12-4-6-14-22(19)23/h1-15H. The van der Waals surface area contributed by atoms with E-state index in [0.29, 0.717) is 0 Å². The second-order valence-corrected chi connectivity index (χ2v) is 8.36. The quantitative estimate of drug-likeness (QED) is 0.417. The summed E-state index contributed by atoms with van der Waals surface area (Å²) in [6.07, 6.45) is 0. The molecule has 23 heavy (non-hydrogen) atoms. The number of fused-ring (bicyclic) bond motifs is 4. The van der Waals surface area contributed by atoms with Gasteiger partial charge in [-0.1, -0.05) is 91.0 Å². The lowest BCUT2D eigenvalue weighted by Crippen LogP contribution is -2.49. The molecule has 0 spiro atoms. The second-order valence-electron chi connectivity index (χ2n) is 5.99. The van der Waals surface area contributed by atoms with Gasteiger partial charge in [-0.25, -0.2) is 0 Å². The number of benzene rings is 4. The SMILES string of the molecule is c1ccc2c(c1)-c1ccccc1[Si]2c1cccc2ccccc12. The minimum atomic E-state index is -0.928. The van der Waals surface area contributed by atoms with E-state index < -0.39 is 8.80 Å². The first kappa shape index (κ1) is 12.9. The van der Waals surface area contributed by atoms with Gasteiger partial charge >= 0.3 is 0 Å². The second kappa shape index (κ2) is 4.93. The molecule has 0 saturated heterocycles. The molecule has 0 fully saturated rings. The van der Waals surface area contributed by atoms with Crippen molar-refractivity contribution in [3.8, 4) is 11.1 Å². The maximum atomic E-state index is 2.33. The summed E-state index contributed by atoms with van der Waals surface area (Å²) in [6, 6.07) is 33.4. The predicted octanol–water partition coefficient (Wildman–Crippen LogP) is 3.34. The van der Waals surface area contributed by atoms with Crippen LogP contribution in [0.25, 0.3) is 21.9 Å². The highest BCUT2D eigenvalue weighted by molar-refractivity contribution is 7.00. The van der Waals surface area contributed by atoms with Crippen molar-refractivity contribution in [3.63, 3.8) is 0 Å². The lowest BCUT2D eigenvalue weighted by Gasteiger charge is -2.14. The normalized spacial score (nSPS) is 13.0. The summed E-state index contributed by atoms with van der Waals surface area (Å²) in [5, 5.41) is 7.29. The summed E-state index contributed by atoms with van der Waals surface area (Å²) < 4.78 is 0. The van der Waals surface area contributed by atoms with E-state index in [1.165, 1.54) is 37.5 Å². The molecule has 1 heteroatoms. The molecule has 1 radical (unpaired) electrons. The third-order valence-electron chi connectivity index (χ3n) is 4.74. The first-order valence-corrected chi connectivity index (χ1v) is 9.48. The average Bonchev–Trinajstić information content (AvgIpc) is 2.96.